The van der Waals surface area contributed by atoms with Crippen molar-refractivity contribution in [3.63, 3.8) is 0 Å². The molecule has 0 spiro atoms. The first-order valence-corrected chi connectivity index (χ1v) is 7.83. The molecule has 0 rings (SSSR count). The number of sulfonamides is 1. The SMILES string of the molecule is CC(C)OCCS(=O)(=O)NCC(=O)NC(C)(C)CN.Cl. The van der Waals surface area contributed by atoms with E-state index in [1.54, 1.807) is 13.8 Å². The van der Waals surface area contributed by atoms with Gasteiger partial charge in [-0.05, 0) is 27.7 Å². The molecule has 122 valence electrons. The minimum absolute atomic E-state index is 0. The summed E-state index contributed by atoms with van der Waals surface area (Å²) >= 11 is 0. The number of amides is 1. The summed E-state index contributed by atoms with van der Waals surface area (Å²) in [6, 6.07) is 0. The first-order valence-electron chi connectivity index (χ1n) is 6.18. The van der Waals surface area contributed by atoms with Crippen molar-refractivity contribution in [2.24, 2.45) is 5.73 Å². The van der Waals surface area contributed by atoms with Crippen LogP contribution in [0.15, 0.2) is 0 Å². The average molecular weight is 332 g/mol. The molecule has 0 radical (unpaired) electrons. The highest BCUT2D eigenvalue weighted by atomic mass is 35.5. The predicted octanol–water partition coefficient (Wildman–Crippen LogP) is -0.394. The maximum Gasteiger partial charge on any atom is 0.235 e. The Kier molecular flexibility index (Phi) is 10.4. The molecule has 0 bridgehead atoms. The molecule has 7 nitrogen and oxygen atoms in total. The van der Waals surface area contributed by atoms with Crippen molar-refractivity contribution in [2.45, 2.75) is 39.3 Å². The van der Waals surface area contributed by atoms with Gasteiger partial charge in [-0.2, -0.15) is 0 Å². The summed E-state index contributed by atoms with van der Waals surface area (Å²) in [7, 11) is -3.50. The third-order valence-corrected chi connectivity index (χ3v) is 3.53. The highest BCUT2D eigenvalue weighted by Crippen LogP contribution is 1.97. The van der Waals surface area contributed by atoms with Crippen LogP contribution in [0.2, 0.25) is 0 Å². The van der Waals surface area contributed by atoms with Crippen LogP contribution >= 0.6 is 12.4 Å². The van der Waals surface area contributed by atoms with E-state index in [2.05, 4.69) is 10.0 Å². The Bertz CT molecular complexity index is 385. The van der Waals surface area contributed by atoms with Crippen molar-refractivity contribution in [1.82, 2.24) is 10.0 Å². The van der Waals surface area contributed by atoms with Crippen LogP contribution in [0.3, 0.4) is 0 Å². The summed E-state index contributed by atoms with van der Waals surface area (Å²) in [6.07, 6.45) is -0.0242. The molecule has 0 saturated carbocycles. The predicted molar refractivity (Wildman–Crippen MR) is 81.4 cm³/mol. The topological polar surface area (TPSA) is 111 Å². The third kappa shape index (κ3) is 11.4. The molecule has 0 aliphatic carbocycles. The fourth-order valence-corrected chi connectivity index (χ4v) is 1.92. The minimum atomic E-state index is -3.50. The van der Waals surface area contributed by atoms with Gasteiger partial charge in [-0.3, -0.25) is 4.79 Å². The van der Waals surface area contributed by atoms with Crippen LogP contribution in [0.1, 0.15) is 27.7 Å². The number of nitrogens with one attached hydrogen (secondary N) is 2. The summed E-state index contributed by atoms with van der Waals surface area (Å²) in [5.74, 6) is -0.581. The largest absolute Gasteiger partial charge is 0.378 e. The van der Waals surface area contributed by atoms with Crippen molar-refractivity contribution in [1.29, 1.82) is 0 Å². The van der Waals surface area contributed by atoms with Gasteiger partial charge in [0.15, 0.2) is 0 Å². The molecule has 0 saturated heterocycles. The molecule has 20 heavy (non-hydrogen) atoms. The van der Waals surface area contributed by atoms with Gasteiger partial charge in [-0.1, -0.05) is 0 Å². The zero-order valence-corrected chi connectivity index (χ0v) is 14.1. The van der Waals surface area contributed by atoms with Gasteiger partial charge < -0.3 is 15.8 Å². The zero-order chi connectivity index (χ0) is 15.1. The second-order valence-corrected chi connectivity index (χ2v) is 7.12. The van der Waals surface area contributed by atoms with Gasteiger partial charge in [0.05, 0.1) is 25.0 Å². The van der Waals surface area contributed by atoms with Crippen LogP contribution in [0.25, 0.3) is 0 Å². The third-order valence-electron chi connectivity index (χ3n) is 2.24. The molecule has 0 aromatic carbocycles. The standard InChI is InChI=1S/C11H25N3O4S.ClH/c1-9(2)18-5-6-19(16,17)13-7-10(15)14-11(3,4)8-12;/h9,13H,5-8,12H2,1-4H3,(H,14,15);1H. The number of carbonyl (C=O) groups excluding carboxylic acids is 1. The van der Waals surface area contributed by atoms with Gasteiger partial charge in [0.25, 0.3) is 0 Å². The first-order chi connectivity index (χ1) is 8.58. The molecule has 0 aliphatic rings. The number of hydrogen-bond donors (Lipinski definition) is 3. The van der Waals surface area contributed by atoms with Gasteiger partial charge >= 0.3 is 0 Å². The normalized spacial score (nSPS) is 12.1. The number of halogens is 1. The molecule has 0 aliphatic heterocycles. The second-order valence-electron chi connectivity index (χ2n) is 5.20. The number of rotatable bonds is 9. The smallest absolute Gasteiger partial charge is 0.235 e. The average Bonchev–Trinajstić information content (AvgIpc) is 2.25. The van der Waals surface area contributed by atoms with Crippen molar-refractivity contribution in [3.05, 3.63) is 0 Å². The Labute approximate surface area is 127 Å². The van der Waals surface area contributed by atoms with Gasteiger partial charge in [-0.25, -0.2) is 13.1 Å². The van der Waals surface area contributed by atoms with Gasteiger partial charge in [-0.15, -0.1) is 12.4 Å². The highest BCUT2D eigenvalue weighted by Gasteiger charge is 2.19. The van der Waals surface area contributed by atoms with Crippen LogP contribution in [0.4, 0.5) is 0 Å². The summed E-state index contributed by atoms with van der Waals surface area (Å²) < 4.78 is 30.5. The van der Waals surface area contributed by atoms with Crippen LogP contribution in [-0.2, 0) is 19.6 Å². The van der Waals surface area contributed by atoms with Crippen LogP contribution in [-0.4, -0.2) is 51.4 Å². The molecule has 0 fully saturated rings. The maximum atomic E-state index is 11.6. The van der Waals surface area contributed by atoms with Gasteiger partial charge in [0.1, 0.15) is 0 Å². The van der Waals surface area contributed by atoms with Crippen molar-refractivity contribution in [3.8, 4) is 0 Å². The Hall–Kier alpha value is -0.410. The molecule has 0 aromatic heterocycles. The van der Waals surface area contributed by atoms with Crippen molar-refractivity contribution in [2.75, 3.05) is 25.4 Å². The molecule has 9 heteroatoms. The Morgan fingerprint density at radius 1 is 1.35 bits per heavy atom. The fraction of sp³-hybridized carbons (Fsp3) is 0.909. The molecule has 0 heterocycles. The van der Waals surface area contributed by atoms with E-state index in [4.69, 9.17) is 10.5 Å². The summed E-state index contributed by atoms with van der Waals surface area (Å²) in [5, 5.41) is 2.63. The lowest BCUT2D eigenvalue weighted by molar-refractivity contribution is -0.121. The number of nitrogens with two attached hydrogens (primary N) is 1. The molecule has 0 aromatic rings. The molecule has 0 atom stereocenters. The van der Waals surface area contributed by atoms with E-state index in [-0.39, 0.29) is 44.0 Å². The van der Waals surface area contributed by atoms with E-state index in [1.807, 2.05) is 13.8 Å². The summed E-state index contributed by atoms with van der Waals surface area (Å²) in [5.41, 5.74) is 4.91. The lowest BCUT2D eigenvalue weighted by Crippen LogP contribution is -2.51. The molecule has 0 unspecified atom stereocenters. The Balaban J connectivity index is 0. The van der Waals surface area contributed by atoms with Crippen molar-refractivity contribution >= 4 is 28.3 Å². The quantitative estimate of drug-likeness (QED) is 0.532. The van der Waals surface area contributed by atoms with Gasteiger partial charge in [0, 0.05) is 12.1 Å². The first kappa shape index (κ1) is 21.9. The molecule has 4 N–H and O–H groups in total. The van der Waals surface area contributed by atoms with E-state index in [0.717, 1.165) is 0 Å². The molecular formula is C11H26ClN3O4S. The number of hydrogen-bond acceptors (Lipinski definition) is 5. The van der Waals surface area contributed by atoms with E-state index in [0.29, 0.717) is 0 Å². The number of ether oxygens (including phenoxy) is 1. The fourth-order valence-electron chi connectivity index (χ4n) is 1.11. The lowest BCUT2D eigenvalue weighted by atomic mass is 10.1. The second kappa shape index (κ2) is 9.51. The monoisotopic (exact) mass is 331 g/mol. The highest BCUT2D eigenvalue weighted by molar-refractivity contribution is 7.89. The summed E-state index contributed by atoms with van der Waals surface area (Å²) in [6.45, 7) is 7.24. The Morgan fingerprint density at radius 3 is 2.35 bits per heavy atom. The van der Waals surface area contributed by atoms with Gasteiger partial charge in [0.2, 0.25) is 15.9 Å². The maximum absolute atomic E-state index is 11.6. The van der Waals surface area contributed by atoms with Crippen LogP contribution in [0.5, 0.6) is 0 Å². The minimum Gasteiger partial charge on any atom is -0.378 e. The van der Waals surface area contributed by atoms with E-state index in [9.17, 15) is 13.2 Å². The Morgan fingerprint density at radius 2 is 1.90 bits per heavy atom. The molecular weight excluding hydrogens is 306 g/mol. The van der Waals surface area contributed by atoms with Crippen LogP contribution < -0.4 is 15.8 Å². The number of carbonyl (C=O) groups is 1. The lowest BCUT2D eigenvalue weighted by Gasteiger charge is -2.24. The zero-order valence-electron chi connectivity index (χ0n) is 12.4. The van der Waals surface area contributed by atoms with Crippen LogP contribution in [0, 0.1) is 0 Å². The molecule has 1 amide bonds. The van der Waals surface area contributed by atoms with E-state index in [1.165, 1.54) is 0 Å². The van der Waals surface area contributed by atoms with Crippen molar-refractivity contribution < 1.29 is 17.9 Å². The van der Waals surface area contributed by atoms with E-state index >= 15 is 0 Å². The van der Waals surface area contributed by atoms with E-state index < -0.39 is 21.5 Å². The summed E-state index contributed by atoms with van der Waals surface area (Å²) in [4.78, 5) is 11.5.